The standard InChI is InChI=1S/C19H24N4O3S3/c1-29(24,25)11-3-5-20-18-17-14(15-4-2-10-27-15)13-28-19(17)22-16(21-18)12-23-6-8-26-9-7-23/h2,4,10,13H,3,5-9,11-12H2,1H3,(H,20,21,22). The third-order valence-electron chi connectivity index (χ3n) is 4.72. The summed E-state index contributed by atoms with van der Waals surface area (Å²) in [6.07, 6.45) is 1.81. The number of morpholine rings is 1. The summed E-state index contributed by atoms with van der Waals surface area (Å²) >= 11 is 3.31. The van der Waals surface area contributed by atoms with Crippen LogP contribution in [0.15, 0.2) is 22.9 Å². The van der Waals surface area contributed by atoms with Gasteiger partial charge in [-0.3, -0.25) is 4.90 Å². The molecule has 10 heteroatoms. The van der Waals surface area contributed by atoms with E-state index in [2.05, 4.69) is 27.0 Å². The Kier molecular flexibility index (Phi) is 6.45. The number of nitrogens with zero attached hydrogens (tertiary/aromatic N) is 3. The van der Waals surface area contributed by atoms with Crippen molar-refractivity contribution in [1.29, 1.82) is 0 Å². The molecule has 4 heterocycles. The second-order valence-corrected chi connectivity index (χ2v) is 11.2. The summed E-state index contributed by atoms with van der Waals surface area (Å²) in [4.78, 5) is 14.1. The number of nitrogens with one attached hydrogen (secondary N) is 1. The van der Waals surface area contributed by atoms with Gasteiger partial charge in [0.25, 0.3) is 0 Å². The van der Waals surface area contributed by atoms with Crippen molar-refractivity contribution in [2.24, 2.45) is 0 Å². The first-order valence-electron chi connectivity index (χ1n) is 9.53. The molecule has 0 atom stereocenters. The summed E-state index contributed by atoms with van der Waals surface area (Å²) in [5.41, 5.74) is 1.13. The second-order valence-electron chi connectivity index (χ2n) is 7.09. The van der Waals surface area contributed by atoms with E-state index in [0.717, 1.165) is 53.7 Å². The van der Waals surface area contributed by atoms with Crippen molar-refractivity contribution in [3.05, 3.63) is 28.7 Å². The summed E-state index contributed by atoms with van der Waals surface area (Å²) in [5, 5.41) is 8.59. The van der Waals surface area contributed by atoms with Gasteiger partial charge >= 0.3 is 0 Å². The number of thiophene rings is 2. The van der Waals surface area contributed by atoms with Crippen molar-refractivity contribution in [1.82, 2.24) is 14.9 Å². The molecule has 0 amide bonds. The molecular weight excluding hydrogens is 428 g/mol. The molecule has 0 saturated carbocycles. The summed E-state index contributed by atoms with van der Waals surface area (Å²) < 4.78 is 28.3. The van der Waals surface area contributed by atoms with Gasteiger partial charge in [0.15, 0.2) is 0 Å². The Morgan fingerprint density at radius 1 is 1.24 bits per heavy atom. The van der Waals surface area contributed by atoms with Gasteiger partial charge in [-0.2, -0.15) is 0 Å². The van der Waals surface area contributed by atoms with Crippen LogP contribution in [0.3, 0.4) is 0 Å². The number of rotatable bonds is 8. The Hall–Kier alpha value is -1.59. The first kappa shape index (κ1) is 20.7. The molecule has 1 aliphatic heterocycles. The van der Waals surface area contributed by atoms with Crippen molar-refractivity contribution in [2.75, 3.05) is 50.2 Å². The summed E-state index contributed by atoms with van der Waals surface area (Å²) in [6, 6.07) is 4.14. The van der Waals surface area contributed by atoms with Crippen molar-refractivity contribution in [2.45, 2.75) is 13.0 Å². The SMILES string of the molecule is CS(=O)(=O)CCCNc1nc(CN2CCOCC2)nc2scc(-c3cccs3)c12. The van der Waals surface area contributed by atoms with E-state index in [4.69, 9.17) is 14.7 Å². The maximum absolute atomic E-state index is 11.4. The molecule has 0 aliphatic carbocycles. The Bertz CT molecular complexity index is 1060. The lowest BCUT2D eigenvalue weighted by molar-refractivity contribution is 0.0331. The molecule has 0 spiro atoms. The number of aromatic nitrogens is 2. The van der Waals surface area contributed by atoms with Crippen LogP contribution in [0.5, 0.6) is 0 Å². The van der Waals surface area contributed by atoms with E-state index in [-0.39, 0.29) is 5.75 Å². The van der Waals surface area contributed by atoms with Crippen LogP contribution in [0.4, 0.5) is 5.82 Å². The Balaban J connectivity index is 1.62. The number of ether oxygens (including phenoxy) is 1. The molecular formula is C19H24N4O3S3. The van der Waals surface area contributed by atoms with Gasteiger partial charge in [-0.25, -0.2) is 18.4 Å². The lowest BCUT2D eigenvalue weighted by Gasteiger charge is -2.25. The molecule has 1 fully saturated rings. The smallest absolute Gasteiger partial charge is 0.147 e. The van der Waals surface area contributed by atoms with Crippen LogP contribution in [0.25, 0.3) is 20.7 Å². The monoisotopic (exact) mass is 452 g/mol. The minimum atomic E-state index is -2.97. The second kappa shape index (κ2) is 9.05. The summed E-state index contributed by atoms with van der Waals surface area (Å²) in [6.45, 7) is 4.47. The molecule has 0 aromatic carbocycles. The van der Waals surface area contributed by atoms with Crippen molar-refractivity contribution < 1.29 is 13.2 Å². The zero-order valence-electron chi connectivity index (χ0n) is 16.3. The maximum Gasteiger partial charge on any atom is 0.147 e. The summed E-state index contributed by atoms with van der Waals surface area (Å²) in [5.74, 6) is 1.73. The van der Waals surface area contributed by atoms with Crippen LogP contribution in [-0.2, 0) is 21.1 Å². The van der Waals surface area contributed by atoms with Crippen molar-refractivity contribution in [3.63, 3.8) is 0 Å². The van der Waals surface area contributed by atoms with Crippen LogP contribution in [0.2, 0.25) is 0 Å². The third kappa shape index (κ3) is 5.32. The maximum atomic E-state index is 11.4. The third-order valence-corrected chi connectivity index (χ3v) is 7.53. The molecule has 29 heavy (non-hydrogen) atoms. The lowest BCUT2D eigenvalue weighted by atomic mass is 10.2. The van der Waals surface area contributed by atoms with Crippen molar-refractivity contribution >= 4 is 48.5 Å². The van der Waals surface area contributed by atoms with Crippen LogP contribution < -0.4 is 5.32 Å². The van der Waals surface area contributed by atoms with Gasteiger partial charge in [0.05, 0.1) is 30.9 Å². The molecule has 3 aromatic rings. The van der Waals surface area contributed by atoms with Crippen LogP contribution >= 0.6 is 22.7 Å². The Morgan fingerprint density at radius 2 is 2.07 bits per heavy atom. The first-order chi connectivity index (χ1) is 14.0. The highest BCUT2D eigenvalue weighted by Gasteiger charge is 2.18. The van der Waals surface area contributed by atoms with Gasteiger partial charge < -0.3 is 10.1 Å². The van der Waals surface area contributed by atoms with Crippen LogP contribution in [-0.4, -0.2) is 68.1 Å². The molecule has 156 valence electrons. The molecule has 1 saturated heterocycles. The van der Waals surface area contributed by atoms with E-state index < -0.39 is 9.84 Å². The van der Waals surface area contributed by atoms with Gasteiger partial charge in [-0.1, -0.05) is 6.07 Å². The minimum absolute atomic E-state index is 0.163. The number of anilines is 1. The Labute approximate surface area is 178 Å². The lowest BCUT2D eigenvalue weighted by Crippen LogP contribution is -2.36. The van der Waals surface area contributed by atoms with Crippen molar-refractivity contribution in [3.8, 4) is 10.4 Å². The molecule has 0 bridgehead atoms. The fraction of sp³-hybridized carbons (Fsp3) is 0.474. The summed E-state index contributed by atoms with van der Waals surface area (Å²) in [7, 11) is -2.97. The van der Waals surface area contributed by atoms with E-state index >= 15 is 0 Å². The van der Waals surface area contributed by atoms with E-state index in [1.807, 2.05) is 6.07 Å². The van der Waals surface area contributed by atoms with E-state index in [9.17, 15) is 8.42 Å². The Morgan fingerprint density at radius 3 is 2.79 bits per heavy atom. The van der Waals surface area contributed by atoms with Crippen LogP contribution in [0, 0.1) is 0 Å². The molecule has 1 aliphatic rings. The molecule has 1 N–H and O–H groups in total. The zero-order valence-corrected chi connectivity index (χ0v) is 18.7. The van der Waals surface area contributed by atoms with Gasteiger partial charge in [0, 0.05) is 41.7 Å². The molecule has 0 radical (unpaired) electrons. The number of sulfone groups is 1. The number of hydrogen-bond acceptors (Lipinski definition) is 9. The number of fused-ring (bicyclic) bond motifs is 1. The topological polar surface area (TPSA) is 84.4 Å². The van der Waals surface area contributed by atoms with Gasteiger partial charge in [0.2, 0.25) is 0 Å². The molecule has 7 nitrogen and oxygen atoms in total. The van der Waals surface area contributed by atoms with Gasteiger partial charge in [-0.15, -0.1) is 22.7 Å². The highest BCUT2D eigenvalue weighted by Crippen LogP contribution is 2.39. The molecule has 3 aromatic heterocycles. The average Bonchev–Trinajstić information content (AvgIpc) is 3.34. The van der Waals surface area contributed by atoms with Crippen LogP contribution in [0.1, 0.15) is 12.2 Å². The number of hydrogen-bond donors (Lipinski definition) is 1. The van der Waals surface area contributed by atoms with Gasteiger partial charge in [0.1, 0.15) is 26.3 Å². The largest absolute Gasteiger partial charge is 0.379 e. The predicted molar refractivity (Wildman–Crippen MR) is 120 cm³/mol. The molecule has 4 rings (SSSR count). The van der Waals surface area contributed by atoms with E-state index in [1.54, 1.807) is 22.7 Å². The fourth-order valence-corrected chi connectivity index (χ4v) is 5.75. The highest BCUT2D eigenvalue weighted by atomic mass is 32.2. The highest BCUT2D eigenvalue weighted by molar-refractivity contribution is 7.90. The van der Waals surface area contributed by atoms with E-state index in [0.29, 0.717) is 19.5 Å². The first-order valence-corrected chi connectivity index (χ1v) is 13.4. The molecule has 0 unspecified atom stereocenters. The quantitative estimate of drug-likeness (QED) is 0.526. The zero-order chi connectivity index (χ0) is 20.3. The minimum Gasteiger partial charge on any atom is -0.379 e. The fourth-order valence-electron chi connectivity index (χ4n) is 3.30. The average molecular weight is 453 g/mol. The van der Waals surface area contributed by atoms with E-state index in [1.165, 1.54) is 11.1 Å². The predicted octanol–water partition coefficient (Wildman–Crippen LogP) is 3.10. The normalized spacial score (nSPS) is 15.8. The van der Waals surface area contributed by atoms with Gasteiger partial charge in [-0.05, 0) is 17.9 Å².